The molecule has 2 aromatic rings. The molecule has 10 heteroatoms. The Morgan fingerprint density at radius 3 is 2.60 bits per heavy atom. The van der Waals surface area contributed by atoms with Gasteiger partial charge in [0.2, 0.25) is 0 Å². The van der Waals surface area contributed by atoms with Gasteiger partial charge in [-0.1, -0.05) is 0 Å². The van der Waals surface area contributed by atoms with Crippen molar-refractivity contribution in [2.75, 3.05) is 13.7 Å². The molecule has 0 fully saturated rings. The summed E-state index contributed by atoms with van der Waals surface area (Å²) in [6, 6.07) is 0. The SMILES string of the molecule is COCCn1c(-c2cnc(C)cn2)nnc1S(N)(=O)=O. The van der Waals surface area contributed by atoms with Crippen LogP contribution in [0, 0.1) is 6.92 Å². The average molecular weight is 298 g/mol. The van der Waals surface area contributed by atoms with Crippen LogP contribution in [0.4, 0.5) is 0 Å². The second kappa shape index (κ2) is 5.61. The van der Waals surface area contributed by atoms with E-state index in [0.717, 1.165) is 5.69 Å². The molecule has 2 N–H and O–H groups in total. The fourth-order valence-electron chi connectivity index (χ4n) is 1.58. The van der Waals surface area contributed by atoms with Crippen LogP contribution in [0.5, 0.6) is 0 Å². The lowest BCUT2D eigenvalue weighted by Crippen LogP contribution is -2.20. The number of primary sulfonamides is 1. The summed E-state index contributed by atoms with van der Waals surface area (Å²) < 4.78 is 29.3. The van der Waals surface area contributed by atoms with Crippen molar-refractivity contribution in [2.24, 2.45) is 5.14 Å². The molecule has 0 radical (unpaired) electrons. The van der Waals surface area contributed by atoms with Gasteiger partial charge in [0.1, 0.15) is 5.69 Å². The van der Waals surface area contributed by atoms with Crippen LogP contribution in [0.3, 0.4) is 0 Å². The van der Waals surface area contributed by atoms with Crippen LogP contribution < -0.4 is 5.14 Å². The van der Waals surface area contributed by atoms with E-state index in [2.05, 4.69) is 20.2 Å². The molecule has 0 saturated carbocycles. The molecule has 0 bridgehead atoms. The maximum Gasteiger partial charge on any atom is 0.273 e. The summed E-state index contributed by atoms with van der Waals surface area (Å²) in [5.41, 5.74) is 1.15. The van der Waals surface area contributed by atoms with Gasteiger partial charge in [0.05, 0.1) is 25.0 Å². The van der Waals surface area contributed by atoms with Crippen molar-refractivity contribution < 1.29 is 13.2 Å². The van der Waals surface area contributed by atoms with E-state index in [-0.39, 0.29) is 24.1 Å². The molecule has 0 unspecified atom stereocenters. The zero-order valence-corrected chi connectivity index (χ0v) is 11.8. The van der Waals surface area contributed by atoms with Crippen molar-refractivity contribution in [1.82, 2.24) is 24.7 Å². The number of hydrogen-bond donors (Lipinski definition) is 1. The topological polar surface area (TPSA) is 126 Å². The van der Waals surface area contributed by atoms with Crippen molar-refractivity contribution >= 4 is 10.0 Å². The molecule has 2 rings (SSSR count). The van der Waals surface area contributed by atoms with Gasteiger partial charge in [0.15, 0.2) is 5.82 Å². The highest BCUT2D eigenvalue weighted by Crippen LogP contribution is 2.17. The van der Waals surface area contributed by atoms with Gasteiger partial charge in [-0.3, -0.25) is 9.55 Å². The third kappa shape index (κ3) is 2.98. The average Bonchev–Trinajstić information content (AvgIpc) is 2.81. The molecule has 0 saturated heterocycles. The summed E-state index contributed by atoms with van der Waals surface area (Å²) in [5.74, 6) is 0.276. The van der Waals surface area contributed by atoms with E-state index in [1.807, 2.05) is 0 Å². The van der Waals surface area contributed by atoms with Gasteiger partial charge < -0.3 is 4.74 Å². The van der Waals surface area contributed by atoms with Crippen LogP contribution in [0.15, 0.2) is 17.6 Å². The minimum Gasteiger partial charge on any atom is -0.383 e. The minimum absolute atomic E-state index is 0.236. The lowest BCUT2D eigenvalue weighted by Gasteiger charge is -2.08. The van der Waals surface area contributed by atoms with E-state index in [1.54, 1.807) is 13.1 Å². The Hall–Kier alpha value is -1.91. The van der Waals surface area contributed by atoms with Crippen LogP contribution in [0.25, 0.3) is 11.5 Å². The maximum absolute atomic E-state index is 11.5. The Labute approximate surface area is 115 Å². The number of methoxy groups -OCH3 is 1. The number of aromatic nitrogens is 5. The first-order chi connectivity index (χ1) is 9.43. The molecular formula is C10H14N6O3S. The van der Waals surface area contributed by atoms with Gasteiger partial charge in [-0.2, -0.15) is 0 Å². The standard InChI is InChI=1S/C10H14N6O3S/c1-7-5-13-8(6-12-7)9-14-15-10(20(11,17)18)16(9)3-4-19-2/h5-6H,3-4H2,1-2H3,(H2,11,17,18). The van der Waals surface area contributed by atoms with Crippen molar-refractivity contribution in [3.63, 3.8) is 0 Å². The Balaban J connectivity index is 2.53. The number of rotatable bonds is 5. The van der Waals surface area contributed by atoms with E-state index in [0.29, 0.717) is 5.69 Å². The lowest BCUT2D eigenvalue weighted by atomic mass is 10.4. The van der Waals surface area contributed by atoms with E-state index in [4.69, 9.17) is 9.88 Å². The summed E-state index contributed by atoms with van der Waals surface area (Å²) in [6.45, 7) is 2.31. The smallest absolute Gasteiger partial charge is 0.273 e. The Morgan fingerprint density at radius 2 is 2.05 bits per heavy atom. The third-order valence-corrected chi connectivity index (χ3v) is 3.31. The van der Waals surface area contributed by atoms with Gasteiger partial charge in [-0.25, -0.2) is 18.5 Å². The molecule has 2 heterocycles. The normalized spacial score (nSPS) is 11.8. The van der Waals surface area contributed by atoms with Gasteiger partial charge in [-0.15, -0.1) is 10.2 Å². The number of aryl methyl sites for hydroxylation is 1. The van der Waals surface area contributed by atoms with Crippen LogP contribution in [0.1, 0.15) is 5.69 Å². The van der Waals surface area contributed by atoms with Crippen LogP contribution in [-0.2, 0) is 21.3 Å². The quantitative estimate of drug-likeness (QED) is 0.776. The summed E-state index contributed by atoms with van der Waals surface area (Å²) in [5, 5.41) is 12.2. The highest BCUT2D eigenvalue weighted by molar-refractivity contribution is 7.89. The van der Waals surface area contributed by atoms with E-state index >= 15 is 0 Å². The van der Waals surface area contributed by atoms with Crippen molar-refractivity contribution in [3.05, 3.63) is 18.1 Å². The molecule has 20 heavy (non-hydrogen) atoms. The molecule has 0 aromatic carbocycles. The van der Waals surface area contributed by atoms with Crippen LogP contribution in [-0.4, -0.2) is 46.9 Å². The van der Waals surface area contributed by atoms with E-state index < -0.39 is 10.0 Å². The van der Waals surface area contributed by atoms with Crippen molar-refractivity contribution in [2.45, 2.75) is 18.6 Å². The molecular weight excluding hydrogens is 284 g/mol. The molecule has 0 amide bonds. The number of nitrogens with two attached hydrogens (primary N) is 1. The summed E-state index contributed by atoms with van der Waals surface area (Å²) in [6.07, 6.45) is 3.05. The van der Waals surface area contributed by atoms with Gasteiger partial charge in [0, 0.05) is 13.3 Å². The first kappa shape index (κ1) is 14.5. The fourth-order valence-corrected chi connectivity index (χ4v) is 2.22. The molecule has 0 spiro atoms. The molecule has 0 aliphatic heterocycles. The minimum atomic E-state index is -3.97. The monoisotopic (exact) mass is 298 g/mol. The zero-order valence-electron chi connectivity index (χ0n) is 11.0. The predicted octanol–water partition coefficient (Wildman–Crippen LogP) is -0.663. The first-order valence-electron chi connectivity index (χ1n) is 5.67. The van der Waals surface area contributed by atoms with E-state index in [1.165, 1.54) is 17.9 Å². The number of ether oxygens (including phenoxy) is 1. The van der Waals surface area contributed by atoms with Gasteiger partial charge in [-0.05, 0) is 6.92 Å². The van der Waals surface area contributed by atoms with Gasteiger partial charge >= 0.3 is 0 Å². The summed E-state index contributed by atoms with van der Waals surface area (Å²) in [4.78, 5) is 8.24. The van der Waals surface area contributed by atoms with Crippen molar-refractivity contribution in [3.8, 4) is 11.5 Å². The predicted molar refractivity (Wildman–Crippen MR) is 69.0 cm³/mol. The summed E-state index contributed by atoms with van der Waals surface area (Å²) >= 11 is 0. The number of sulfonamides is 1. The second-order valence-electron chi connectivity index (χ2n) is 4.04. The maximum atomic E-state index is 11.5. The highest BCUT2D eigenvalue weighted by Gasteiger charge is 2.22. The Morgan fingerprint density at radius 1 is 1.30 bits per heavy atom. The molecule has 0 aliphatic carbocycles. The van der Waals surface area contributed by atoms with Gasteiger partial charge in [0.25, 0.3) is 15.2 Å². The molecule has 108 valence electrons. The van der Waals surface area contributed by atoms with Crippen LogP contribution in [0.2, 0.25) is 0 Å². The molecule has 9 nitrogen and oxygen atoms in total. The lowest BCUT2D eigenvalue weighted by molar-refractivity contribution is 0.185. The number of hydrogen-bond acceptors (Lipinski definition) is 7. The van der Waals surface area contributed by atoms with Crippen LogP contribution >= 0.6 is 0 Å². The largest absolute Gasteiger partial charge is 0.383 e. The Kier molecular flexibility index (Phi) is 4.06. The Bertz CT molecular complexity index is 694. The molecule has 2 aromatic heterocycles. The first-order valence-corrected chi connectivity index (χ1v) is 7.22. The van der Waals surface area contributed by atoms with E-state index in [9.17, 15) is 8.42 Å². The number of nitrogens with zero attached hydrogens (tertiary/aromatic N) is 5. The zero-order chi connectivity index (χ0) is 14.8. The highest BCUT2D eigenvalue weighted by atomic mass is 32.2. The molecule has 0 atom stereocenters. The molecule has 0 aliphatic rings. The third-order valence-electron chi connectivity index (χ3n) is 2.50. The fraction of sp³-hybridized carbons (Fsp3) is 0.400. The second-order valence-corrected chi connectivity index (χ2v) is 5.49. The summed E-state index contributed by atoms with van der Waals surface area (Å²) in [7, 11) is -2.47. The van der Waals surface area contributed by atoms with Crippen molar-refractivity contribution in [1.29, 1.82) is 0 Å².